The molecule has 0 aromatic rings. The zero-order valence-electron chi connectivity index (χ0n) is 9.42. The van der Waals surface area contributed by atoms with Crippen LogP contribution in [0.1, 0.15) is 27.2 Å². The molecule has 1 unspecified atom stereocenters. The van der Waals surface area contributed by atoms with Gasteiger partial charge in [0.25, 0.3) is 0 Å². The SMILES string of the molecule is CC1CSCCN1CCC(C)(C)C#N. The summed E-state index contributed by atoms with van der Waals surface area (Å²) in [6.07, 6.45) is 0.985. The van der Waals surface area contributed by atoms with Crippen LogP contribution >= 0.6 is 11.8 Å². The highest BCUT2D eigenvalue weighted by Crippen LogP contribution is 2.22. The number of hydrogen-bond donors (Lipinski definition) is 0. The van der Waals surface area contributed by atoms with Crippen LogP contribution in [0.3, 0.4) is 0 Å². The minimum absolute atomic E-state index is 0.162. The largest absolute Gasteiger partial charge is 0.299 e. The fourth-order valence-electron chi connectivity index (χ4n) is 1.57. The fraction of sp³-hybridized carbons (Fsp3) is 0.909. The summed E-state index contributed by atoms with van der Waals surface area (Å²) < 4.78 is 0. The molecule has 0 radical (unpaired) electrons. The van der Waals surface area contributed by atoms with Crippen LogP contribution in [0.4, 0.5) is 0 Å². The Hall–Kier alpha value is -0.200. The summed E-state index contributed by atoms with van der Waals surface area (Å²) in [5.41, 5.74) is -0.162. The molecule has 0 saturated carbocycles. The van der Waals surface area contributed by atoms with Crippen LogP contribution in [-0.2, 0) is 0 Å². The van der Waals surface area contributed by atoms with Gasteiger partial charge in [-0.1, -0.05) is 0 Å². The molecule has 0 aromatic carbocycles. The summed E-state index contributed by atoms with van der Waals surface area (Å²) in [6, 6.07) is 3.05. The van der Waals surface area contributed by atoms with E-state index >= 15 is 0 Å². The Morgan fingerprint density at radius 3 is 2.86 bits per heavy atom. The lowest BCUT2D eigenvalue weighted by Gasteiger charge is -2.34. The molecule has 0 N–H and O–H groups in total. The molecule has 0 bridgehead atoms. The average molecular weight is 212 g/mol. The van der Waals surface area contributed by atoms with E-state index in [2.05, 4.69) is 17.9 Å². The third-order valence-electron chi connectivity index (χ3n) is 2.83. The van der Waals surface area contributed by atoms with Crippen molar-refractivity contribution in [2.75, 3.05) is 24.6 Å². The molecule has 3 heteroatoms. The molecule has 0 aromatic heterocycles. The number of nitriles is 1. The van der Waals surface area contributed by atoms with Crippen molar-refractivity contribution in [3.63, 3.8) is 0 Å². The van der Waals surface area contributed by atoms with Crippen molar-refractivity contribution in [2.24, 2.45) is 5.41 Å². The van der Waals surface area contributed by atoms with Crippen LogP contribution in [0.25, 0.3) is 0 Å². The minimum Gasteiger partial charge on any atom is -0.299 e. The summed E-state index contributed by atoms with van der Waals surface area (Å²) in [6.45, 7) is 8.59. The Morgan fingerprint density at radius 1 is 1.57 bits per heavy atom. The average Bonchev–Trinajstić information content (AvgIpc) is 2.17. The standard InChI is InChI=1S/C11H20N2S/c1-10-8-14-7-6-13(10)5-4-11(2,3)9-12/h10H,4-8H2,1-3H3. The second-order valence-electron chi connectivity index (χ2n) is 4.71. The van der Waals surface area contributed by atoms with Crippen molar-refractivity contribution in [1.29, 1.82) is 5.26 Å². The van der Waals surface area contributed by atoms with Gasteiger partial charge in [0.2, 0.25) is 0 Å². The molecule has 1 aliphatic rings. The molecule has 0 amide bonds. The molecule has 1 heterocycles. The van der Waals surface area contributed by atoms with Crippen LogP contribution in [0.2, 0.25) is 0 Å². The molecule has 1 atom stereocenters. The lowest BCUT2D eigenvalue weighted by atomic mass is 9.91. The lowest BCUT2D eigenvalue weighted by Crippen LogP contribution is -2.41. The molecule has 1 rings (SSSR count). The molecule has 2 nitrogen and oxygen atoms in total. The topological polar surface area (TPSA) is 27.0 Å². The smallest absolute Gasteiger partial charge is 0.0684 e. The maximum atomic E-state index is 8.92. The summed E-state index contributed by atoms with van der Waals surface area (Å²) >= 11 is 2.04. The minimum atomic E-state index is -0.162. The summed E-state index contributed by atoms with van der Waals surface area (Å²) in [5, 5.41) is 8.92. The van der Waals surface area contributed by atoms with E-state index in [1.807, 2.05) is 25.6 Å². The van der Waals surface area contributed by atoms with Crippen molar-refractivity contribution in [1.82, 2.24) is 4.90 Å². The highest BCUT2D eigenvalue weighted by Gasteiger charge is 2.22. The van der Waals surface area contributed by atoms with E-state index < -0.39 is 0 Å². The molecule has 1 saturated heterocycles. The number of thioether (sulfide) groups is 1. The van der Waals surface area contributed by atoms with Gasteiger partial charge in [-0.2, -0.15) is 17.0 Å². The van der Waals surface area contributed by atoms with E-state index in [9.17, 15) is 0 Å². The summed E-state index contributed by atoms with van der Waals surface area (Å²) in [5.74, 6) is 2.49. The first kappa shape index (κ1) is 11.9. The third-order valence-corrected chi connectivity index (χ3v) is 4.02. The Balaban J connectivity index is 2.33. The first-order valence-electron chi connectivity index (χ1n) is 5.28. The maximum Gasteiger partial charge on any atom is 0.0684 e. The Kier molecular flexibility index (Phi) is 4.28. The first-order chi connectivity index (χ1) is 6.55. The number of nitrogens with zero attached hydrogens (tertiary/aromatic N) is 2. The van der Waals surface area contributed by atoms with E-state index in [1.54, 1.807) is 0 Å². The van der Waals surface area contributed by atoms with Crippen molar-refractivity contribution < 1.29 is 0 Å². The van der Waals surface area contributed by atoms with Gasteiger partial charge in [-0.3, -0.25) is 4.90 Å². The van der Waals surface area contributed by atoms with Gasteiger partial charge < -0.3 is 0 Å². The van der Waals surface area contributed by atoms with E-state index in [4.69, 9.17) is 5.26 Å². The van der Waals surface area contributed by atoms with E-state index in [-0.39, 0.29) is 5.41 Å². The van der Waals surface area contributed by atoms with Crippen molar-refractivity contribution >= 4 is 11.8 Å². The fourth-order valence-corrected chi connectivity index (χ4v) is 2.65. The predicted octanol–water partition coefficient (Wildman–Crippen LogP) is 2.36. The zero-order valence-corrected chi connectivity index (χ0v) is 10.2. The molecular weight excluding hydrogens is 192 g/mol. The normalized spacial score (nSPS) is 24.6. The van der Waals surface area contributed by atoms with Crippen LogP contribution in [-0.4, -0.2) is 35.5 Å². The molecule has 1 aliphatic heterocycles. The van der Waals surface area contributed by atoms with Crippen molar-refractivity contribution in [2.45, 2.75) is 33.2 Å². The van der Waals surface area contributed by atoms with Crippen molar-refractivity contribution in [3.05, 3.63) is 0 Å². The second kappa shape index (κ2) is 5.04. The monoisotopic (exact) mass is 212 g/mol. The predicted molar refractivity (Wildman–Crippen MR) is 62.4 cm³/mol. The molecule has 1 fully saturated rings. The Labute approximate surface area is 91.7 Å². The molecule has 0 aliphatic carbocycles. The van der Waals surface area contributed by atoms with Gasteiger partial charge in [0.15, 0.2) is 0 Å². The zero-order chi connectivity index (χ0) is 10.6. The van der Waals surface area contributed by atoms with Gasteiger partial charge in [0.1, 0.15) is 0 Å². The highest BCUT2D eigenvalue weighted by atomic mass is 32.2. The molecule has 0 spiro atoms. The van der Waals surface area contributed by atoms with Gasteiger partial charge in [0, 0.05) is 24.1 Å². The second-order valence-corrected chi connectivity index (χ2v) is 5.86. The molecule has 14 heavy (non-hydrogen) atoms. The number of hydrogen-bond acceptors (Lipinski definition) is 3. The highest BCUT2D eigenvalue weighted by molar-refractivity contribution is 7.99. The maximum absolute atomic E-state index is 8.92. The quantitative estimate of drug-likeness (QED) is 0.718. The van der Waals surface area contributed by atoms with Crippen LogP contribution in [0, 0.1) is 16.7 Å². The molecule has 80 valence electrons. The van der Waals surface area contributed by atoms with Crippen molar-refractivity contribution in [3.8, 4) is 6.07 Å². The first-order valence-corrected chi connectivity index (χ1v) is 6.44. The van der Waals surface area contributed by atoms with Gasteiger partial charge in [-0.15, -0.1) is 0 Å². The van der Waals surface area contributed by atoms with Crippen LogP contribution < -0.4 is 0 Å². The summed E-state index contributed by atoms with van der Waals surface area (Å²) in [4.78, 5) is 2.51. The Morgan fingerprint density at radius 2 is 2.29 bits per heavy atom. The van der Waals surface area contributed by atoms with Gasteiger partial charge in [0.05, 0.1) is 11.5 Å². The van der Waals surface area contributed by atoms with Gasteiger partial charge in [-0.05, 0) is 33.7 Å². The van der Waals surface area contributed by atoms with E-state index in [0.29, 0.717) is 6.04 Å². The van der Waals surface area contributed by atoms with Gasteiger partial charge in [-0.25, -0.2) is 0 Å². The number of rotatable bonds is 3. The van der Waals surface area contributed by atoms with E-state index in [1.165, 1.54) is 18.1 Å². The lowest BCUT2D eigenvalue weighted by molar-refractivity contribution is 0.208. The Bertz CT molecular complexity index is 220. The van der Waals surface area contributed by atoms with Crippen LogP contribution in [0.15, 0.2) is 0 Å². The van der Waals surface area contributed by atoms with E-state index in [0.717, 1.165) is 13.0 Å². The molecular formula is C11H20N2S. The third kappa shape index (κ3) is 3.51. The van der Waals surface area contributed by atoms with Crippen LogP contribution in [0.5, 0.6) is 0 Å². The van der Waals surface area contributed by atoms with Gasteiger partial charge >= 0.3 is 0 Å². The summed E-state index contributed by atoms with van der Waals surface area (Å²) in [7, 11) is 0.